The quantitative estimate of drug-likeness (QED) is 0.617. The molecule has 7 heteroatoms. The number of rotatable bonds is 5. The van der Waals surface area contributed by atoms with Gasteiger partial charge in [0.1, 0.15) is 7.05 Å². The normalized spacial score (nSPS) is 11.2. The molecule has 0 radical (unpaired) electrons. The summed E-state index contributed by atoms with van der Waals surface area (Å²) in [5, 5.41) is 0. The Morgan fingerprint density at radius 1 is 0.920 bits per heavy atom. The van der Waals surface area contributed by atoms with Gasteiger partial charge in [-0.1, -0.05) is 12.1 Å². The fourth-order valence-corrected chi connectivity index (χ4v) is 2.28. The lowest BCUT2D eigenvalue weighted by atomic mass is 10.1. The molecule has 1 aromatic heterocycles. The van der Waals surface area contributed by atoms with Gasteiger partial charge in [0.25, 0.3) is 0 Å². The number of aromatic nitrogens is 1. The Morgan fingerprint density at radius 2 is 1.48 bits per heavy atom. The van der Waals surface area contributed by atoms with Crippen molar-refractivity contribution >= 4 is 17.8 Å². The molecule has 0 aliphatic carbocycles. The zero-order valence-electron chi connectivity index (χ0n) is 14.6. The fourth-order valence-electron chi connectivity index (χ4n) is 2.28. The van der Waals surface area contributed by atoms with Crippen molar-refractivity contribution in [3.8, 4) is 0 Å². The topological polar surface area (TPSA) is 99.4 Å². The Kier molecular flexibility index (Phi) is 8.54. The first-order valence-electron chi connectivity index (χ1n) is 7.84. The molecule has 1 aromatic carbocycles. The van der Waals surface area contributed by atoms with Gasteiger partial charge in [-0.05, 0) is 43.7 Å². The largest absolute Gasteiger partial charge is 0.372 e. The Hall–Kier alpha value is -1.96. The van der Waals surface area contributed by atoms with E-state index < -0.39 is 10.2 Å². The molecule has 0 aliphatic heterocycles. The molecular weight excluding hydrogens is 344 g/mol. The van der Waals surface area contributed by atoms with E-state index in [2.05, 4.69) is 85.1 Å². The number of nitrogens with zero attached hydrogens (tertiary/aromatic N) is 2. The van der Waals surface area contributed by atoms with Gasteiger partial charge in [0.2, 0.25) is 5.69 Å². The van der Waals surface area contributed by atoms with Crippen molar-refractivity contribution in [2.75, 3.05) is 18.0 Å². The van der Waals surface area contributed by atoms with E-state index in [9.17, 15) is 0 Å². The highest BCUT2D eigenvalue weighted by molar-refractivity contribution is 5.68. The van der Waals surface area contributed by atoms with Crippen LogP contribution in [0.25, 0.3) is 12.2 Å². The maximum atomic E-state index is 8.49. The summed E-state index contributed by atoms with van der Waals surface area (Å²) in [6.07, 6.45) is 6.36. The molecule has 6 nitrogen and oxygen atoms in total. The van der Waals surface area contributed by atoms with Crippen LogP contribution in [-0.4, -0.2) is 13.1 Å². The van der Waals surface area contributed by atoms with Gasteiger partial charge < -0.3 is 4.90 Å². The van der Waals surface area contributed by atoms with E-state index in [1.807, 2.05) is 6.07 Å². The molecule has 0 amide bonds. The zero-order valence-corrected chi connectivity index (χ0v) is 15.3. The van der Waals surface area contributed by atoms with Crippen LogP contribution in [0, 0.1) is 10.2 Å². The average molecular weight is 367 g/mol. The Labute approximate surface area is 150 Å². The molecule has 2 rings (SSSR count). The zero-order chi connectivity index (χ0) is 18.9. The number of anilines is 1. The van der Waals surface area contributed by atoms with Crippen LogP contribution >= 0.6 is 0 Å². The molecule has 0 atom stereocenters. The highest BCUT2D eigenvalue weighted by atomic mass is 35.7. The van der Waals surface area contributed by atoms with Gasteiger partial charge in [0, 0.05) is 37.0 Å². The van der Waals surface area contributed by atoms with E-state index in [1.165, 1.54) is 16.9 Å². The molecule has 136 valence electrons. The van der Waals surface area contributed by atoms with Crippen LogP contribution in [0.5, 0.6) is 0 Å². The minimum absolute atomic E-state index is 1.05. The van der Waals surface area contributed by atoms with E-state index in [1.54, 1.807) is 0 Å². The Bertz CT molecular complexity index is 660. The van der Waals surface area contributed by atoms with Crippen molar-refractivity contribution in [3.63, 3.8) is 0 Å². The minimum atomic E-state index is -4.94. The third kappa shape index (κ3) is 8.62. The third-order valence-electron chi connectivity index (χ3n) is 3.56. The summed E-state index contributed by atoms with van der Waals surface area (Å²) in [6, 6.07) is 14.9. The Balaban J connectivity index is 0.000000550. The number of halogens is 1. The standard InChI is InChI=1S/C18H23N2.ClHO4/c1-4-20(5-2)18-13-10-16(11-14-18)9-12-17-8-6-7-15-19(17)3;2-1(3,4)5/h6-15H,4-5H2,1-3H3;(H,2,3,4,5)/q+1;/p-1. The second-order valence-corrected chi connectivity index (χ2v) is 5.97. The van der Waals surface area contributed by atoms with Gasteiger partial charge in [-0.3, -0.25) is 0 Å². The Morgan fingerprint density at radius 3 is 1.96 bits per heavy atom. The van der Waals surface area contributed by atoms with E-state index in [-0.39, 0.29) is 0 Å². The molecular formula is C18H23ClN2O4. The summed E-state index contributed by atoms with van der Waals surface area (Å²) < 4.78 is 36.1. The molecule has 0 spiro atoms. The monoisotopic (exact) mass is 366 g/mol. The van der Waals surface area contributed by atoms with Crippen molar-refractivity contribution in [1.82, 2.24) is 0 Å². The number of benzene rings is 1. The smallest absolute Gasteiger partial charge is 0.204 e. The number of pyridine rings is 1. The van der Waals surface area contributed by atoms with Crippen LogP contribution in [-0.2, 0) is 7.05 Å². The van der Waals surface area contributed by atoms with Crippen LogP contribution in [0.3, 0.4) is 0 Å². The second kappa shape index (κ2) is 10.1. The predicted octanol–water partition coefficient (Wildman–Crippen LogP) is -1.23. The van der Waals surface area contributed by atoms with Crippen molar-refractivity contribution in [3.05, 3.63) is 59.9 Å². The highest BCUT2D eigenvalue weighted by Crippen LogP contribution is 2.16. The van der Waals surface area contributed by atoms with E-state index in [0.29, 0.717) is 0 Å². The minimum Gasteiger partial charge on any atom is -0.372 e. The van der Waals surface area contributed by atoms with Crippen LogP contribution in [0.1, 0.15) is 25.1 Å². The molecule has 25 heavy (non-hydrogen) atoms. The lowest BCUT2D eigenvalue weighted by Gasteiger charge is -2.20. The summed E-state index contributed by atoms with van der Waals surface area (Å²) in [4.78, 5) is 2.35. The molecule has 2 aromatic rings. The summed E-state index contributed by atoms with van der Waals surface area (Å²) in [5.41, 5.74) is 3.71. The molecule has 0 saturated carbocycles. The van der Waals surface area contributed by atoms with Crippen molar-refractivity contribution < 1.29 is 33.4 Å². The summed E-state index contributed by atoms with van der Waals surface area (Å²) in [7, 11) is -2.89. The fraction of sp³-hybridized carbons (Fsp3) is 0.278. The number of hydrogen-bond acceptors (Lipinski definition) is 5. The van der Waals surface area contributed by atoms with E-state index >= 15 is 0 Å². The maximum absolute atomic E-state index is 8.49. The lowest BCUT2D eigenvalue weighted by molar-refractivity contribution is -2.00. The van der Waals surface area contributed by atoms with Crippen LogP contribution < -0.4 is 28.1 Å². The first-order valence-corrected chi connectivity index (χ1v) is 9.07. The molecule has 0 bridgehead atoms. The predicted molar refractivity (Wildman–Crippen MR) is 86.5 cm³/mol. The van der Waals surface area contributed by atoms with Gasteiger partial charge in [-0.15, -0.1) is 10.2 Å². The van der Waals surface area contributed by atoms with Gasteiger partial charge in [-0.25, -0.2) is 23.2 Å². The first-order chi connectivity index (χ1) is 11.7. The van der Waals surface area contributed by atoms with Gasteiger partial charge in [-0.2, -0.15) is 0 Å². The SMILES string of the molecule is CCN(CC)c1ccc(/C=C/c2cccc[n+]2C)cc1.[O-][Cl+3]([O-])([O-])[O-]. The van der Waals surface area contributed by atoms with Crippen LogP contribution in [0.2, 0.25) is 0 Å². The summed E-state index contributed by atoms with van der Waals surface area (Å²) in [5.74, 6) is 0. The number of hydrogen-bond donors (Lipinski definition) is 0. The molecule has 0 aliphatic rings. The molecule has 1 heterocycles. The molecule has 0 N–H and O–H groups in total. The number of aryl methyl sites for hydroxylation is 1. The van der Waals surface area contributed by atoms with Crippen molar-refractivity contribution in [2.24, 2.45) is 7.05 Å². The van der Waals surface area contributed by atoms with Crippen molar-refractivity contribution in [2.45, 2.75) is 13.8 Å². The second-order valence-electron chi connectivity index (χ2n) is 5.21. The first kappa shape index (κ1) is 21.1. The van der Waals surface area contributed by atoms with Crippen LogP contribution in [0.4, 0.5) is 5.69 Å². The maximum Gasteiger partial charge on any atom is 0.204 e. The molecule has 0 saturated heterocycles. The van der Waals surface area contributed by atoms with Gasteiger partial charge >= 0.3 is 0 Å². The van der Waals surface area contributed by atoms with E-state index in [4.69, 9.17) is 18.6 Å². The van der Waals surface area contributed by atoms with Gasteiger partial charge in [0.05, 0.1) is 0 Å². The van der Waals surface area contributed by atoms with E-state index in [0.717, 1.165) is 13.1 Å². The van der Waals surface area contributed by atoms with Crippen molar-refractivity contribution in [1.29, 1.82) is 0 Å². The lowest BCUT2D eigenvalue weighted by Crippen LogP contribution is -2.68. The summed E-state index contributed by atoms with van der Waals surface area (Å²) in [6.45, 7) is 6.47. The third-order valence-corrected chi connectivity index (χ3v) is 3.56. The van der Waals surface area contributed by atoms with Gasteiger partial charge in [0.15, 0.2) is 6.20 Å². The molecule has 0 fully saturated rings. The average Bonchev–Trinajstić information content (AvgIpc) is 2.55. The molecule has 0 unspecified atom stereocenters. The summed E-state index contributed by atoms with van der Waals surface area (Å²) >= 11 is 0. The highest BCUT2D eigenvalue weighted by Gasteiger charge is 2.01. The van der Waals surface area contributed by atoms with Crippen LogP contribution in [0.15, 0.2) is 48.7 Å².